The van der Waals surface area contributed by atoms with Gasteiger partial charge in [0.05, 0.1) is 12.7 Å². The summed E-state index contributed by atoms with van der Waals surface area (Å²) in [4.78, 5) is 0. The summed E-state index contributed by atoms with van der Waals surface area (Å²) >= 11 is 0. The molecule has 3 N–H and O–H groups in total. The Kier molecular flexibility index (Phi) is 2.25. The Morgan fingerprint density at radius 3 is 2.30 bits per heavy atom. The minimum Gasteiger partial charge on any atom is -0.388 e. The molecule has 1 saturated heterocycles. The van der Waals surface area contributed by atoms with Crippen LogP contribution < -0.4 is 0 Å². The Bertz CT molecular complexity index is 102. The molecule has 0 saturated carbocycles. The lowest BCUT2D eigenvalue weighted by Crippen LogP contribution is -2.51. The number of aliphatic hydroxyl groups is 3. The summed E-state index contributed by atoms with van der Waals surface area (Å²) in [6, 6.07) is 0. The summed E-state index contributed by atoms with van der Waals surface area (Å²) in [6.07, 6.45) is -3.38. The predicted octanol–water partition coefficient (Wildman–Crippen LogP) is -1.51. The van der Waals surface area contributed by atoms with Crippen LogP contribution in [0.1, 0.15) is 6.92 Å². The number of rotatable bonds is 0. The Morgan fingerprint density at radius 1 is 1.20 bits per heavy atom. The van der Waals surface area contributed by atoms with E-state index in [1.54, 1.807) is 6.92 Å². The van der Waals surface area contributed by atoms with Crippen molar-refractivity contribution >= 4 is 0 Å². The van der Waals surface area contributed by atoms with Crippen molar-refractivity contribution in [3.05, 3.63) is 0 Å². The average Bonchev–Trinajstić information content (AvgIpc) is 1.93. The zero-order chi connectivity index (χ0) is 7.72. The molecule has 0 aliphatic carbocycles. The van der Waals surface area contributed by atoms with Gasteiger partial charge >= 0.3 is 0 Å². The molecule has 4 nitrogen and oxygen atoms in total. The first-order valence-corrected chi connectivity index (χ1v) is 3.28. The van der Waals surface area contributed by atoms with E-state index in [4.69, 9.17) is 20.1 Å². The maximum absolute atomic E-state index is 9.08. The van der Waals surface area contributed by atoms with E-state index in [2.05, 4.69) is 0 Å². The van der Waals surface area contributed by atoms with Crippen LogP contribution in [0.5, 0.6) is 0 Å². The minimum absolute atomic E-state index is 0.0966. The standard InChI is InChI=1S/C6H12O4/c1-3-5(8)6(9)4(7)2-10-3/h3-9H,2H2,1H3/t3-,4+,5-,6+/m1/s1. The van der Waals surface area contributed by atoms with Crippen molar-refractivity contribution in [3.63, 3.8) is 0 Å². The van der Waals surface area contributed by atoms with Gasteiger partial charge in [0.1, 0.15) is 18.3 Å². The molecule has 0 amide bonds. The minimum atomic E-state index is -1.07. The van der Waals surface area contributed by atoms with Gasteiger partial charge in [0.2, 0.25) is 0 Å². The molecule has 4 heteroatoms. The summed E-state index contributed by atoms with van der Waals surface area (Å²) in [6.45, 7) is 1.75. The average molecular weight is 148 g/mol. The molecule has 0 bridgehead atoms. The third-order valence-electron chi connectivity index (χ3n) is 1.75. The van der Waals surface area contributed by atoms with Crippen LogP contribution in [0.25, 0.3) is 0 Å². The summed E-state index contributed by atoms with van der Waals surface area (Å²) < 4.78 is 4.91. The third-order valence-corrected chi connectivity index (χ3v) is 1.75. The normalized spacial score (nSPS) is 49.2. The van der Waals surface area contributed by atoms with Crippen molar-refractivity contribution in [2.45, 2.75) is 31.3 Å². The lowest BCUT2D eigenvalue weighted by molar-refractivity contribution is -0.181. The van der Waals surface area contributed by atoms with Crippen LogP contribution in [-0.4, -0.2) is 46.3 Å². The van der Waals surface area contributed by atoms with E-state index in [1.807, 2.05) is 0 Å². The van der Waals surface area contributed by atoms with E-state index >= 15 is 0 Å². The van der Waals surface area contributed by atoms with Gasteiger partial charge < -0.3 is 20.1 Å². The molecule has 1 aliphatic rings. The molecule has 1 fully saturated rings. The van der Waals surface area contributed by atoms with Crippen LogP contribution in [0, 0.1) is 0 Å². The van der Waals surface area contributed by atoms with Crippen LogP contribution in [0.15, 0.2) is 0 Å². The molecule has 0 spiro atoms. The maximum Gasteiger partial charge on any atom is 0.110 e. The van der Waals surface area contributed by atoms with Crippen molar-refractivity contribution in [2.24, 2.45) is 0 Å². The summed E-state index contributed by atoms with van der Waals surface area (Å²) in [5.74, 6) is 0. The van der Waals surface area contributed by atoms with E-state index in [0.29, 0.717) is 0 Å². The molecule has 1 aliphatic heterocycles. The topological polar surface area (TPSA) is 69.9 Å². The highest BCUT2D eigenvalue weighted by Gasteiger charge is 2.34. The van der Waals surface area contributed by atoms with Gasteiger partial charge in [-0.15, -0.1) is 0 Å². The molecule has 0 unspecified atom stereocenters. The van der Waals surface area contributed by atoms with Gasteiger partial charge in [-0.3, -0.25) is 0 Å². The largest absolute Gasteiger partial charge is 0.388 e. The smallest absolute Gasteiger partial charge is 0.110 e. The molecule has 4 atom stereocenters. The second kappa shape index (κ2) is 2.84. The Hall–Kier alpha value is -0.160. The molecule has 0 aromatic rings. The van der Waals surface area contributed by atoms with Gasteiger partial charge in [-0.05, 0) is 6.92 Å². The van der Waals surface area contributed by atoms with E-state index in [9.17, 15) is 0 Å². The van der Waals surface area contributed by atoms with Crippen molar-refractivity contribution in [2.75, 3.05) is 6.61 Å². The number of aliphatic hydroxyl groups excluding tert-OH is 3. The molecule has 10 heavy (non-hydrogen) atoms. The van der Waals surface area contributed by atoms with Crippen LogP contribution in [0.4, 0.5) is 0 Å². The number of hydrogen-bond donors (Lipinski definition) is 3. The van der Waals surface area contributed by atoms with Crippen LogP contribution in [0.3, 0.4) is 0 Å². The molecule has 60 valence electrons. The quantitative estimate of drug-likeness (QED) is 0.390. The monoisotopic (exact) mass is 148 g/mol. The third kappa shape index (κ3) is 1.29. The molecular weight excluding hydrogens is 136 g/mol. The zero-order valence-electron chi connectivity index (χ0n) is 5.77. The first-order valence-electron chi connectivity index (χ1n) is 3.28. The van der Waals surface area contributed by atoms with Gasteiger partial charge in [-0.2, -0.15) is 0 Å². The lowest BCUT2D eigenvalue weighted by Gasteiger charge is -2.33. The van der Waals surface area contributed by atoms with Crippen LogP contribution in [-0.2, 0) is 4.74 Å². The molecular formula is C6H12O4. The van der Waals surface area contributed by atoms with E-state index in [1.165, 1.54) is 0 Å². The fourth-order valence-electron chi connectivity index (χ4n) is 0.953. The highest BCUT2D eigenvalue weighted by molar-refractivity contribution is 4.83. The van der Waals surface area contributed by atoms with Crippen molar-refractivity contribution < 1.29 is 20.1 Å². The van der Waals surface area contributed by atoms with Gasteiger partial charge in [-0.1, -0.05) is 0 Å². The van der Waals surface area contributed by atoms with Crippen molar-refractivity contribution in [3.8, 4) is 0 Å². The highest BCUT2D eigenvalue weighted by Crippen LogP contribution is 2.14. The molecule has 1 heterocycles. The summed E-state index contributed by atoms with van der Waals surface area (Å²) in [5, 5.41) is 27.0. The molecule has 1 rings (SSSR count). The first kappa shape index (κ1) is 7.94. The SMILES string of the molecule is C[C@H]1OC[C@H](O)[C@H](O)[C@@H]1O. The zero-order valence-corrected chi connectivity index (χ0v) is 5.77. The summed E-state index contributed by atoms with van der Waals surface area (Å²) in [7, 11) is 0. The molecule has 0 radical (unpaired) electrons. The fourth-order valence-corrected chi connectivity index (χ4v) is 0.953. The highest BCUT2D eigenvalue weighted by atomic mass is 16.5. The number of ether oxygens (including phenoxy) is 1. The van der Waals surface area contributed by atoms with E-state index in [0.717, 1.165) is 0 Å². The number of hydrogen-bond acceptors (Lipinski definition) is 4. The second-order valence-electron chi connectivity index (χ2n) is 2.59. The first-order chi connectivity index (χ1) is 4.63. The Morgan fingerprint density at radius 2 is 1.80 bits per heavy atom. The Balaban J connectivity index is 2.52. The van der Waals surface area contributed by atoms with E-state index in [-0.39, 0.29) is 6.61 Å². The van der Waals surface area contributed by atoms with Crippen LogP contribution >= 0.6 is 0 Å². The van der Waals surface area contributed by atoms with Crippen molar-refractivity contribution in [1.29, 1.82) is 0 Å². The van der Waals surface area contributed by atoms with Gasteiger partial charge in [0.25, 0.3) is 0 Å². The Labute approximate surface area is 59.1 Å². The predicted molar refractivity (Wildman–Crippen MR) is 33.4 cm³/mol. The lowest BCUT2D eigenvalue weighted by atomic mass is 10.0. The molecule has 0 aromatic heterocycles. The molecule has 0 aromatic carbocycles. The van der Waals surface area contributed by atoms with Crippen LogP contribution in [0.2, 0.25) is 0 Å². The summed E-state index contributed by atoms with van der Waals surface area (Å²) in [5.41, 5.74) is 0. The van der Waals surface area contributed by atoms with Gasteiger partial charge in [0, 0.05) is 0 Å². The van der Waals surface area contributed by atoms with E-state index < -0.39 is 24.4 Å². The van der Waals surface area contributed by atoms with Crippen molar-refractivity contribution in [1.82, 2.24) is 0 Å². The second-order valence-corrected chi connectivity index (χ2v) is 2.59. The van der Waals surface area contributed by atoms with Gasteiger partial charge in [0.15, 0.2) is 0 Å². The fraction of sp³-hybridized carbons (Fsp3) is 1.00. The van der Waals surface area contributed by atoms with Gasteiger partial charge in [-0.25, -0.2) is 0 Å². The maximum atomic E-state index is 9.08.